The van der Waals surface area contributed by atoms with Crippen molar-refractivity contribution in [1.29, 1.82) is 0 Å². The van der Waals surface area contributed by atoms with Crippen molar-refractivity contribution in [1.82, 2.24) is 20.0 Å². The Bertz CT molecular complexity index is 1030. The standard InChI is InChI=1S/C22H22N4O4/c1-30-19-9-5-4-8-16(19)17-10-18(24-23-17)22(29)25-11-13(12-25)26-20(27)14-6-2-3-7-15(14)21(26)28/h2-5,8-10,13-15H,6-7,11-12H2,1H3,(H,23,24). The van der Waals surface area contributed by atoms with E-state index in [0.29, 0.717) is 43.1 Å². The van der Waals surface area contributed by atoms with Crippen LogP contribution in [-0.2, 0) is 9.59 Å². The molecule has 2 unspecified atom stereocenters. The summed E-state index contributed by atoms with van der Waals surface area (Å²) in [6.07, 6.45) is 5.20. The molecule has 3 heterocycles. The van der Waals surface area contributed by atoms with Gasteiger partial charge in [-0.3, -0.25) is 24.4 Å². The van der Waals surface area contributed by atoms with E-state index in [9.17, 15) is 14.4 Å². The van der Waals surface area contributed by atoms with E-state index in [4.69, 9.17) is 4.74 Å². The van der Waals surface area contributed by atoms with Gasteiger partial charge in [-0.05, 0) is 31.0 Å². The summed E-state index contributed by atoms with van der Waals surface area (Å²) in [5.74, 6) is -0.170. The average Bonchev–Trinajstić information content (AvgIpc) is 3.33. The van der Waals surface area contributed by atoms with Gasteiger partial charge in [0.05, 0.1) is 30.7 Å². The first kappa shape index (κ1) is 18.6. The Labute approximate surface area is 173 Å². The molecule has 0 spiro atoms. The minimum atomic E-state index is -0.240. The highest BCUT2D eigenvalue weighted by molar-refractivity contribution is 6.06. The number of allylic oxidation sites excluding steroid dienone is 2. The second-order valence-corrected chi connectivity index (χ2v) is 7.93. The van der Waals surface area contributed by atoms with Crippen molar-refractivity contribution < 1.29 is 19.1 Å². The van der Waals surface area contributed by atoms with Crippen LogP contribution in [0.15, 0.2) is 42.5 Å². The lowest BCUT2D eigenvalue weighted by molar-refractivity contribution is -0.145. The quantitative estimate of drug-likeness (QED) is 0.618. The molecule has 2 aliphatic heterocycles. The van der Waals surface area contributed by atoms with Crippen LogP contribution in [0.3, 0.4) is 0 Å². The fraction of sp³-hybridized carbons (Fsp3) is 0.364. The monoisotopic (exact) mass is 406 g/mol. The Kier molecular flexibility index (Phi) is 4.42. The Balaban J connectivity index is 1.26. The van der Waals surface area contributed by atoms with Crippen LogP contribution in [-0.4, -0.2) is 64.0 Å². The van der Waals surface area contributed by atoms with Crippen molar-refractivity contribution in [2.75, 3.05) is 20.2 Å². The number of carbonyl (C=O) groups is 3. The number of likely N-dealkylation sites (tertiary alicyclic amines) is 2. The average molecular weight is 406 g/mol. The predicted molar refractivity (Wildman–Crippen MR) is 107 cm³/mol. The minimum Gasteiger partial charge on any atom is -0.496 e. The van der Waals surface area contributed by atoms with Crippen LogP contribution in [0.2, 0.25) is 0 Å². The van der Waals surface area contributed by atoms with E-state index in [0.717, 1.165) is 5.56 Å². The summed E-state index contributed by atoms with van der Waals surface area (Å²) in [7, 11) is 1.59. The molecule has 2 fully saturated rings. The van der Waals surface area contributed by atoms with Crippen molar-refractivity contribution in [3.05, 3.63) is 48.2 Å². The van der Waals surface area contributed by atoms with Gasteiger partial charge in [0.15, 0.2) is 0 Å². The van der Waals surface area contributed by atoms with E-state index < -0.39 is 0 Å². The van der Waals surface area contributed by atoms with Gasteiger partial charge in [-0.25, -0.2) is 0 Å². The topological polar surface area (TPSA) is 95.6 Å². The Morgan fingerprint density at radius 2 is 1.77 bits per heavy atom. The summed E-state index contributed by atoms with van der Waals surface area (Å²) in [6.45, 7) is 0.707. The molecule has 2 atom stereocenters. The van der Waals surface area contributed by atoms with Crippen molar-refractivity contribution in [3.8, 4) is 17.0 Å². The lowest BCUT2D eigenvalue weighted by Gasteiger charge is -2.42. The molecule has 1 aromatic carbocycles. The SMILES string of the molecule is COc1ccccc1-c1cc(C(=O)N2CC(N3C(=O)C4CC=CCC4C3=O)C2)[nH]n1. The third-order valence-electron chi connectivity index (χ3n) is 6.25. The first-order valence-corrected chi connectivity index (χ1v) is 10.1. The number of para-hydroxylation sites is 1. The molecule has 1 aliphatic carbocycles. The summed E-state index contributed by atoms with van der Waals surface area (Å²) >= 11 is 0. The van der Waals surface area contributed by atoms with Crippen LogP contribution in [0, 0.1) is 11.8 Å². The van der Waals surface area contributed by atoms with Gasteiger partial charge >= 0.3 is 0 Å². The van der Waals surface area contributed by atoms with E-state index in [1.807, 2.05) is 36.4 Å². The van der Waals surface area contributed by atoms with E-state index in [2.05, 4.69) is 10.2 Å². The summed E-state index contributed by atoms with van der Waals surface area (Å²) in [4.78, 5) is 41.2. The maximum Gasteiger partial charge on any atom is 0.272 e. The molecule has 8 heteroatoms. The largest absolute Gasteiger partial charge is 0.496 e. The van der Waals surface area contributed by atoms with Gasteiger partial charge < -0.3 is 9.64 Å². The number of nitrogens with zero attached hydrogens (tertiary/aromatic N) is 3. The number of nitrogens with one attached hydrogen (secondary N) is 1. The number of hydrogen-bond donors (Lipinski definition) is 1. The highest BCUT2D eigenvalue weighted by Crippen LogP contribution is 2.37. The number of aromatic nitrogens is 2. The summed E-state index contributed by atoms with van der Waals surface area (Å²) < 4.78 is 5.36. The molecule has 0 bridgehead atoms. The normalized spacial score (nSPS) is 23.5. The molecule has 8 nitrogen and oxygen atoms in total. The number of amides is 3. The maximum atomic E-state index is 12.8. The number of aromatic amines is 1. The first-order chi connectivity index (χ1) is 14.6. The molecule has 154 valence electrons. The number of fused-ring (bicyclic) bond motifs is 1. The highest BCUT2D eigenvalue weighted by atomic mass is 16.5. The van der Waals surface area contributed by atoms with Crippen LogP contribution >= 0.6 is 0 Å². The number of hydrogen-bond acceptors (Lipinski definition) is 5. The molecule has 3 amide bonds. The number of imide groups is 1. The molecule has 30 heavy (non-hydrogen) atoms. The molecule has 0 radical (unpaired) electrons. The minimum absolute atomic E-state index is 0.0913. The van der Waals surface area contributed by atoms with Crippen LogP contribution in [0.25, 0.3) is 11.3 Å². The number of ether oxygens (including phenoxy) is 1. The number of H-pyrrole nitrogens is 1. The van der Waals surface area contributed by atoms with Crippen LogP contribution < -0.4 is 4.74 Å². The fourth-order valence-electron chi connectivity index (χ4n) is 4.57. The number of rotatable bonds is 4. The van der Waals surface area contributed by atoms with Crippen molar-refractivity contribution in [2.45, 2.75) is 18.9 Å². The van der Waals surface area contributed by atoms with Gasteiger partial charge in [0.2, 0.25) is 11.8 Å². The molecule has 1 N–H and O–H groups in total. The Morgan fingerprint density at radius 3 is 2.43 bits per heavy atom. The van der Waals surface area contributed by atoms with Crippen LogP contribution in [0.5, 0.6) is 5.75 Å². The molecular weight excluding hydrogens is 384 g/mol. The second kappa shape index (κ2) is 7.12. The molecule has 0 saturated carbocycles. The summed E-state index contributed by atoms with van der Waals surface area (Å²) in [6, 6.07) is 8.92. The second-order valence-electron chi connectivity index (χ2n) is 7.93. The molecule has 3 aliphatic rings. The van der Waals surface area contributed by atoms with Gasteiger partial charge in [0, 0.05) is 18.7 Å². The van der Waals surface area contributed by atoms with Crippen LogP contribution in [0.1, 0.15) is 23.3 Å². The predicted octanol–water partition coefficient (Wildman–Crippen LogP) is 1.86. The molecule has 2 aromatic rings. The van der Waals surface area contributed by atoms with E-state index in [-0.39, 0.29) is 35.6 Å². The van der Waals surface area contributed by atoms with Crippen LogP contribution in [0.4, 0.5) is 0 Å². The number of methoxy groups -OCH3 is 1. The molecule has 2 saturated heterocycles. The van der Waals surface area contributed by atoms with Gasteiger partial charge in [0.1, 0.15) is 11.4 Å². The van der Waals surface area contributed by atoms with E-state index in [1.165, 1.54) is 4.90 Å². The first-order valence-electron chi connectivity index (χ1n) is 10.1. The van der Waals surface area contributed by atoms with E-state index >= 15 is 0 Å². The third-order valence-corrected chi connectivity index (χ3v) is 6.25. The molecular formula is C22H22N4O4. The van der Waals surface area contributed by atoms with Crippen molar-refractivity contribution >= 4 is 17.7 Å². The zero-order valence-electron chi connectivity index (χ0n) is 16.6. The lowest BCUT2D eigenvalue weighted by atomic mass is 9.85. The Morgan fingerprint density at radius 1 is 1.10 bits per heavy atom. The smallest absolute Gasteiger partial charge is 0.272 e. The lowest BCUT2D eigenvalue weighted by Crippen LogP contribution is -2.62. The zero-order valence-corrected chi connectivity index (χ0v) is 16.6. The van der Waals surface area contributed by atoms with Gasteiger partial charge in [-0.1, -0.05) is 24.3 Å². The molecule has 5 rings (SSSR count). The van der Waals surface area contributed by atoms with Crippen molar-refractivity contribution in [2.24, 2.45) is 11.8 Å². The third kappa shape index (κ3) is 2.82. The number of benzene rings is 1. The van der Waals surface area contributed by atoms with Gasteiger partial charge in [0.25, 0.3) is 5.91 Å². The summed E-state index contributed by atoms with van der Waals surface area (Å²) in [5.41, 5.74) is 1.78. The zero-order chi connectivity index (χ0) is 20.8. The maximum absolute atomic E-state index is 12.8. The Hall–Kier alpha value is -3.42. The fourth-order valence-corrected chi connectivity index (χ4v) is 4.57. The van der Waals surface area contributed by atoms with Crippen molar-refractivity contribution in [3.63, 3.8) is 0 Å². The number of carbonyl (C=O) groups excluding carboxylic acids is 3. The summed E-state index contributed by atoms with van der Waals surface area (Å²) in [5, 5.41) is 7.04. The highest BCUT2D eigenvalue weighted by Gasteiger charge is 2.52. The van der Waals surface area contributed by atoms with Gasteiger partial charge in [-0.2, -0.15) is 5.10 Å². The van der Waals surface area contributed by atoms with Gasteiger partial charge in [-0.15, -0.1) is 0 Å². The van der Waals surface area contributed by atoms with E-state index in [1.54, 1.807) is 18.1 Å². The molecule has 1 aromatic heterocycles.